The zero-order valence-corrected chi connectivity index (χ0v) is 21.0. The van der Waals surface area contributed by atoms with Gasteiger partial charge >= 0.3 is 0 Å². The Labute approximate surface area is 199 Å². The lowest BCUT2D eigenvalue weighted by molar-refractivity contribution is -0.113. The molecular weight excluding hydrogens is 460 g/mol. The van der Waals surface area contributed by atoms with Crippen LogP contribution in [0.25, 0.3) is 11.0 Å². The zero-order chi connectivity index (χ0) is 24.0. The molecular formula is C23H30N4O4S2. The van der Waals surface area contributed by atoms with Crippen molar-refractivity contribution in [2.24, 2.45) is 0 Å². The van der Waals surface area contributed by atoms with E-state index in [1.807, 2.05) is 31.2 Å². The third kappa shape index (κ3) is 5.51. The molecule has 0 aliphatic heterocycles. The maximum atomic E-state index is 13.1. The molecule has 8 nitrogen and oxygen atoms in total. The third-order valence-electron chi connectivity index (χ3n) is 5.12. The van der Waals surface area contributed by atoms with Crippen LogP contribution in [0.2, 0.25) is 0 Å². The first-order chi connectivity index (χ1) is 15.8. The second kappa shape index (κ2) is 11.0. The van der Waals surface area contributed by atoms with Gasteiger partial charge in [-0.3, -0.25) is 4.79 Å². The van der Waals surface area contributed by atoms with Gasteiger partial charge in [0.25, 0.3) is 0 Å². The fraction of sp³-hybridized carbons (Fsp3) is 0.391. The van der Waals surface area contributed by atoms with Crippen molar-refractivity contribution in [2.75, 3.05) is 30.8 Å². The zero-order valence-electron chi connectivity index (χ0n) is 19.4. The number of nitrogens with one attached hydrogen (secondary N) is 1. The Kier molecular flexibility index (Phi) is 8.39. The van der Waals surface area contributed by atoms with Gasteiger partial charge in [-0.25, -0.2) is 13.4 Å². The van der Waals surface area contributed by atoms with Crippen molar-refractivity contribution < 1.29 is 17.9 Å². The van der Waals surface area contributed by atoms with Gasteiger partial charge in [0.05, 0.1) is 23.4 Å². The number of fused-ring (bicyclic) bond motifs is 1. The van der Waals surface area contributed by atoms with Crippen molar-refractivity contribution in [1.29, 1.82) is 0 Å². The summed E-state index contributed by atoms with van der Waals surface area (Å²) in [6, 6.07) is 12.5. The van der Waals surface area contributed by atoms with Gasteiger partial charge < -0.3 is 14.6 Å². The lowest BCUT2D eigenvalue weighted by Crippen LogP contribution is -2.31. The van der Waals surface area contributed by atoms with Gasteiger partial charge in [-0.2, -0.15) is 4.31 Å². The summed E-state index contributed by atoms with van der Waals surface area (Å²) in [5, 5.41) is 3.57. The van der Waals surface area contributed by atoms with E-state index in [1.165, 1.54) is 22.1 Å². The maximum absolute atomic E-state index is 13.1. The molecule has 33 heavy (non-hydrogen) atoms. The van der Waals surface area contributed by atoms with Crippen LogP contribution in [0.5, 0.6) is 5.75 Å². The maximum Gasteiger partial charge on any atom is 0.246 e. The summed E-state index contributed by atoms with van der Waals surface area (Å²) in [5.74, 6) is 0.174. The lowest BCUT2D eigenvalue weighted by Gasteiger charge is -2.21. The van der Waals surface area contributed by atoms with E-state index < -0.39 is 10.0 Å². The number of para-hydroxylation sites is 2. The predicted molar refractivity (Wildman–Crippen MR) is 132 cm³/mol. The number of carbonyl (C=O) groups is 1. The van der Waals surface area contributed by atoms with Gasteiger partial charge in [0.15, 0.2) is 5.16 Å². The molecule has 3 aromatic rings. The number of aryl methyl sites for hydroxylation is 1. The number of aromatic nitrogens is 2. The minimum atomic E-state index is -3.75. The second-order valence-corrected chi connectivity index (χ2v) is 10.00. The first-order valence-electron chi connectivity index (χ1n) is 11.0. The van der Waals surface area contributed by atoms with Crippen LogP contribution in [0, 0.1) is 0 Å². The fourth-order valence-corrected chi connectivity index (χ4v) is 6.05. The topological polar surface area (TPSA) is 93.5 Å². The fourth-order valence-electron chi connectivity index (χ4n) is 3.56. The molecule has 0 saturated heterocycles. The molecule has 0 radical (unpaired) electrons. The number of amides is 1. The van der Waals surface area contributed by atoms with Gasteiger partial charge in [0.2, 0.25) is 15.9 Å². The highest BCUT2D eigenvalue weighted by Crippen LogP contribution is 2.30. The number of rotatable bonds is 11. The van der Waals surface area contributed by atoms with Crippen LogP contribution in [0.1, 0.15) is 27.7 Å². The summed E-state index contributed by atoms with van der Waals surface area (Å²) >= 11 is 1.35. The van der Waals surface area contributed by atoms with E-state index in [0.29, 0.717) is 25.4 Å². The first kappa shape index (κ1) is 25.1. The first-order valence-corrected chi connectivity index (χ1v) is 13.4. The van der Waals surface area contributed by atoms with E-state index in [2.05, 4.69) is 14.9 Å². The Bertz CT molecular complexity index is 1220. The molecule has 0 aliphatic carbocycles. The monoisotopic (exact) mass is 490 g/mol. The van der Waals surface area contributed by atoms with E-state index in [4.69, 9.17) is 4.74 Å². The van der Waals surface area contributed by atoms with Gasteiger partial charge in [-0.1, -0.05) is 37.7 Å². The summed E-state index contributed by atoms with van der Waals surface area (Å²) in [5.41, 5.74) is 2.32. The summed E-state index contributed by atoms with van der Waals surface area (Å²) in [6.07, 6.45) is 0. The quantitative estimate of drug-likeness (QED) is 0.405. The molecule has 0 bridgehead atoms. The molecule has 1 N–H and O–H groups in total. The SMILES string of the molecule is CCOc1ccc(NC(=O)CSc2nc3ccccc3n2CC)cc1S(=O)(=O)N(CC)CC. The summed E-state index contributed by atoms with van der Waals surface area (Å²) < 4.78 is 35.2. The minimum absolute atomic E-state index is 0.0475. The Morgan fingerprint density at radius 3 is 2.52 bits per heavy atom. The highest BCUT2D eigenvalue weighted by atomic mass is 32.2. The van der Waals surface area contributed by atoms with Gasteiger partial charge in [-0.15, -0.1) is 0 Å². The van der Waals surface area contributed by atoms with Crippen LogP contribution in [0.3, 0.4) is 0 Å². The van der Waals surface area contributed by atoms with Crippen molar-refractivity contribution in [3.63, 3.8) is 0 Å². The van der Waals surface area contributed by atoms with Crippen molar-refractivity contribution >= 4 is 44.4 Å². The number of hydrogen-bond acceptors (Lipinski definition) is 6. The average Bonchev–Trinajstić information content (AvgIpc) is 3.17. The number of carbonyl (C=O) groups excluding carboxylic acids is 1. The number of anilines is 1. The van der Waals surface area contributed by atoms with Gasteiger partial charge in [-0.05, 0) is 44.2 Å². The van der Waals surface area contributed by atoms with Crippen molar-refractivity contribution in [3.8, 4) is 5.75 Å². The van der Waals surface area contributed by atoms with Crippen LogP contribution < -0.4 is 10.1 Å². The van der Waals surface area contributed by atoms with Crippen molar-refractivity contribution in [2.45, 2.75) is 44.3 Å². The molecule has 0 saturated carbocycles. The molecule has 1 aromatic heterocycles. The largest absolute Gasteiger partial charge is 0.492 e. The Morgan fingerprint density at radius 2 is 1.85 bits per heavy atom. The van der Waals surface area contributed by atoms with Crippen LogP contribution >= 0.6 is 11.8 Å². The molecule has 10 heteroatoms. The highest BCUT2D eigenvalue weighted by molar-refractivity contribution is 7.99. The van der Waals surface area contributed by atoms with Crippen LogP contribution in [-0.4, -0.2) is 53.6 Å². The molecule has 3 rings (SSSR count). The van der Waals surface area contributed by atoms with Gasteiger partial charge in [0, 0.05) is 25.3 Å². The summed E-state index contributed by atoms with van der Waals surface area (Å²) in [6.45, 7) is 9.17. The lowest BCUT2D eigenvalue weighted by atomic mass is 10.3. The molecule has 1 amide bonds. The molecule has 1 heterocycles. The molecule has 0 fully saturated rings. The number of imidazole rings is 1. The van der Waals surface area contributed by atoms with E-state index in [-0.39, 0.29) is 22.3 Å². The second-order valence-electron chi connectivity index (χ2n) is 7.15. The average molecular weight is 491 g/mol. The van der Waals surface area contributed by atoms with Crippen LogP contribution in [0.4, 0.5) is 5.69 Å². The number of sulfonamides is 1. The number of ether oxygens (including phenoxy) is 1. The number of hydrogen-bond donors (Lipinski definition) is 1. The normalized spacial score (nSPS) is 11.8. The Hall–Kier alpha value is -2.56. The third-order valence-corrected chi connectivity index (χ3v) is 8.17. The van der Waals surface area contributed by atoms with Gasteiger partial charge in [0.1, 0.15) is 10.6 Å². The summed E-state index contributed by atoms with van der Waals surface area (Å²) in [7, 11) is -3.75. The Morgan fingerprint density at radius 1 is 1.12 bits per heavy atom. The highest BCUT2D eigenvalue weighted by Gasteiger charge is 2.26. The standard InChI is InChI=1S/C23H30N4O4S2/c1-5-26(6-2)33(29,30)21-15-17(13-14-20(21)31-8-4)24-22(28)16-32-23-25-18-11-9-10-12-19(18)27(23)7-3/h9-15H,5-8,16H2,1-4H3,(H,24,28). The molecule has 0 unspecified atom stereocenters. The van der Waals surface area contributed by atoms with E-state index in [0.717, 1.165) is 22.7 Å². The van der Waals surface area contributed by atoms with Crippen molar-refractivity contribution in [1.82, 2.24) is 13.9 Å². The molecule has 0 aliphatic rings. The Balaban J connectivity index is 1.79. The molecule has 0 spiro atoms. The van der Waals surface area contributed by atoms with E-state index >= 15 is 0 Å². The van der Waals surface area contributed by atoms with E-state index in [1.54, 1.807) is 32.9 Å². The number of benzene rings is 2. The smallest absolute Gasteiger partial charge is 0.246 e. The molecule has 178 valence electrons. The van der Waals surface area contributed by atoms with Crippen LogP contribution in [-0.2, 0) is 21.4 Å². The van der Waals surface area contributed by atoms with E-state index in [9.17, 15) is 13.2 Å². The number of thioether (sulfide) groups is 1. The number of nitrogens with zero attached hydrogens (tertiary/aromatic N) is 3. The molecule has 0 atom stereocenters. The summed E-state index contributed by atoms with van der Waals surface area (Å²) in [4.78, 5) is 17.3. The minimum Gasteiger partial charge on any atom is -0.492 e. The molecule has 2 aromatic carbocycles. The van der Waals surface area contributed by atoms with Crippen molar-refractivity contribution in [3.05, 3.63) is 42.5 Å². The van der Waals surface area contributed by atoms with Crippen LogP contribution in [0.15, 0.2) is 52.5 Å². The predicted octanol–water partition coefficient (Wildman–Crippen LogP) is 4.22.